The van der Waals surface area contributed by atoms with Crippen LogP contribution in [-0.4, -0.2) is 43.0 Å². The van der Waals surface area contributed by atoms with E-state index in [-0.39, 0.29) is 18.3 Å². The Labute approximate surface area is 152 Å². The Morgan fingerprint density at radius 3 is 2.58 bits per heavy atom. The molecule has 1 aliphatic carbocycles. The maximum absolute atomic E-state index is 12.4. The van der Waals surface area contributed by atoms with Crippen LogP contribution in [0.4, 0.5) is 0 Å². The lowest BCUT2D eigenvalue weighted by Gasteiger charge is -2.30. The van der Waals surface area contributed by atoms with Gasteiger partial charge in [-0.2, -0.15) is 0 Å². The van der Waals surface area contributed by atoms with Gasteiger partial charge in [0, 0.05) is 25.7 Å². The van der Waals surface area contributed by atoms with E-state index in [1.165, 1.54) is 24.8 Å². The SMILES string of the molecule is CC1CCCCC1NC(=O)CN(CCN)CCc1ccccc1.Cl. The summed E-state index contributed by atoms with van der Waals surface area (Å²) in [6, 6.07) is 10.7. The zero-order valence-corrected chi connectivity index (χ0v) is 15.6. The van der Waals surface area contributed by atoms with Crippen molar-refractivity contribution in [3.63, 3.8) is 0 Å². The predicted octanol–water partition coefficient (Wildman–Crippen LogP) is 2.61. The molecule has 1 fully saturated rings. The summed E-state index contributed by atoms with van der Waals surface area (Å²) in [4.78, 5) is 14.5. The largest absolute Gasteiger partial charge is 0.352 e. The molecule has 2 rings (SSSR count). The summed E-state index contributed by atoms with van der Waals surface area (Å²) in [6.07, 6.45) is 5.83. The average molecular weight is 354 g/mol. The third kappa shape index (κ3) is 7.20. The third-order valence-electron chi connectivity index (χ3n) is 4.83. The summed E-state index contributed by atoms with van der Waals surface area (Å²) in [5.74, 6) is 0.741. The van der Waals surface area contributed by atoms with Crippen molar-refractivity contribution in [2.24, 2.45) is 11.7 Å². The molecule has 136 valence electrons. The van der Waals surface area contributed by atoms with Crippen molar-refractivity contribution < 1.29 is 4.79 Å². The number of amides is 1. The monoisotopic (exact) mass is 353 g/mol. The van der Waals surface area contributed by atoms with E-state index in [4.69, 9.17) is 5.73 Å². The topological polar surface area (TPSA) is 58.4 Å². The maximum atomic E-state index is 12.4. The molecule has 0 aromatic heterocycles. The number of benzene rings is 1. The van der Waals surface area contributed by atoms with Crippen LogP contribution in [0, 0.1) is 5.92 Å². The number of carbonyl (C=O) groups is 1. The summed E-state index contributed by atoms with van der Waals surface area (Å²) in [5.41, 5.74) is 7.01. The fourth-order valence-electron chi connectivity index (χ4n) is 3.37. The van der Waals surface area contributed by atoms with E-state index in [1.54, 1.807) is 0 Å². The lowest BCUT2D eigenvalue weighted by atomic mass is 9.86. The highest BCUT2D eigenvalue weighted by Crippen LogP contribution is 2.23. The molecule has 1 aromatic carbocycles. The highest BCUT2D eigenvalue weighted by Gasteiger charge is 2.23. The van der Waals surface area contributed by atoms with Gasteiger partial charge in [-0.25, -0.2) is 0 Å². The quantitative estimate of drug-likeness (QED) is 0.755. The minimum Gasteiger partial charge on any atom is -0.352 e. The van der Waals surface area contributed by atoms with Gasteiger partial charge in [0.15, 0.2) is 0 Å². The molecule has 24 heavy (non-hydrogen) atoms. The predicted molar refractivity (Wildman–Crippen MR) is 102 cm³/mol. The summed E-state index contributed by atoms with van der Waals surface area (Å²) >= 11 is 0. The first-order chi connectivity index (χ1) is 11.2. The third-order valence-corrected chi connectivity index (χ3v) is 4.83. The number of nitrogens with zero attached hydrogens (tertiary/aromatic N) is 1. The van der Waals surface area contributed by atoms with E-state index in [0.29, 0.717) is 25.0 Å². The molecular weight excluding hydrogens is 322 g/mol. The molecule has 1 aromatic rings. The highest BCUT2D eigenvalue weighted by atomic mass is 35.5. The Kier molecular flexibility index (Phi) is 9.99. The minimum atomic E-state index is 0. The fraction of sp³-hybridized carbons (Fsp3) is 0.632. The smallest absolute Gasteiger partial charge is 0.234 e. The molecule has 0 heterocycles. The normalized spacial score (nSPS) is 20.5. The Morgan fingerprint density at radius 1 is 1.21 bits per heavy atom. The van der Waals surface area contributed by atoms with Crippen molar-refractivity contribution >= 4 is 18.3 Å². The number of nitrogens with one attached hydrogen (secondary N) is 1. The first-order valence-corrected chi connectivity index (χ1v) is 8.94. The van der Waals surface area contributed by atoms with Gasteiger partial charge in [0.2, 0.25) is 5.91 Å². The van der Waals surface area contributed by atoms with Crippen molar-refractivity contribution in [3.8, 4) is 0 Å². The molecule has 1 amide bonds. The average Bonchev–Trinajstić information content (AvgIpc) is 2.56. The van der Waals surface area contributed by atoms with Crippen LogP contribution in [0.5, 0.6) is 0 Å². The van der Waals surface area contributed by atoms with Crippen LogP contribution in [0.25, 0.3) is 0 Å². The second-order valence-electron chi connectivity index (χ2n) is 6.74. The van der Waals surface area contributed by atoms with E-state index in [2.05, 4.69) is 41.4 Å². The van der Waals surface area contributed by atoms with Crippen LogP contribution in [-0.2, 0) is 11.2 Å². The van der Waals surface area contributed by atoms with E-state index in [9.17, 15) is 4.79 Å². The summed E-state index contributed by atoms with van der Waals surface area (Å²) in [7, 11) is 0. The molecule has 2 atom stereocenters. The number of halogens is 1. The zero-order valence-electron chi connectivity index (χ0n) is 14.7. The second-order valence-corrected chi connectivity index (χ2v) is 6.74. The zero-order chi connectivity index (χ0) is 16.5. The molecular formula is C19H32ClN3O. The molecule has 3 N–H and O–H groups in total. The van der Waals surface area contributed by atoms with Crippen LogP contribution in [0.1, 0.15) is 38.2 Å². The van der Waals surface area contributed by atoms with Crippen molar-refractivity contribution in [3.05, 3.63) is 35.9 Å². The van der Waals surface area contributed by atoms with E-state index in [1.807, 2.05) is 6.07 Å². The fourth-order valence-corrected chi connectivity index (χ4v) is 3.37. The van der Waals surface area contributed by atoms with Crippen molar-refractivity contribution in [1.82, 2.24) is 10.2 Å². The maximum Gasteiger partial charge on any atom is 0.234 e. The van der Waals surface area contributed by atoms with Gasteiger partial charge in [-0.15, -0.1) is 12.4 Å². The molecule has 0 spiro atoms. The van der Waals surface area contributed by atoms with Crippen molar-refractivity contribution in [1.29, 1.82) is 0 Å². The highest BCUT2D eigenvalue weighted by molar-refractivity contribution is 5.85. The summed E-state index contributed by atoms with van der Waals surface area (Å²) < 4.78 is 0. The van der Waals surface area contributed by atoms with Gasteiger partial charge in [0.25, 0.3) is 0 Å². The van der Waals surface area contributed by atoms with E-state index >= 15 is 0 Å². The Balaban J connectivity index is 0.00000288. The standard InChI is InChI=1S/C19H31N3O.ClH/c1-16-7-5-6-10-18(16)21-19(23)15-22(14-12-20)13-11-17-8-3-2-4-9-17;/h2-4,8-9,16,18H,5-7,10-15,20H2,1H3,(H,21,23);1H. The first-order valence-electron chi connectivity index (χ1n) is 8.94. The molecule has 0 aliphatic heterocycles. The van der Waals surface area contributed by atoms with E-state index < -0.39 is 0 Å². The van der Waals surface area contributed by atoms with Gasteiger partial charge in [-0.05, 0) is 30.7 Å². The van der Waals surface area contributed by atoms with Crippen molar-refractivity contribution in [2.75, 3.05) is 26.2 Å². The van der Waals surface area contributed by atoms with Gasteiger partial charge in [-0.1, -0.05) is 50.1 Å². The van der Waals surface area contributed by atoms with Crippen LogP contribution >= 0.6 is 12.4 Å². The second kappa shape index (κ2) is 11.5. The molecule has 0 bridgehead atoms. The van der Waals surface area contributed by atoms with Crippen LogP contribution in [0.15, 0.2) is 30.3 Å². The molecule has 5 heteroatoms. The van der Waals surface area contributed by atoms with Crippen LogP contribution in [0.2, 0.25) is 0 Å². The van der Waals surface area contributed by atoms with Gasteiger partial charge in [-0.3, -0.25) is 9.69 Å². The molecule has 4 nitrogen and oxygen atoms in total. The number of hydrogen-bond donors (Lipinski definition) is 2. The summed E-state index contributed by atoms with van der Waals surface area (Å²) in [6.45, 7) is 4.92. The van der Waals surface area contributed by atoms with Gasteiger partial charge >= 0.3 is 0 Å². The Bertz CT molecular complexity index is 469. The van der Waals surface area contributed by atoms with Gasteiger partial charge < -0.3 is 11.1 Å². The molecule has 1 aliphatic rings. The lowest BCUT2D eigenvalue weighted by molar-refractivity contribution is -0.123. The molecule has 0 radical (unpaired) electrons. The Morgan fingerprint density at radius 2 is 1.92 bits per heavy atom. The minimum absolute atomic E-state index is 0. The number of hydrogen-bond acceptors (Lipinski definition) is 3. The molecule has 1 saturated carbocycles. The van der Waals surface area contributed by atoms with E-state index in [0.717, 1.165) is 25.9 Å². The molecule has 2 unspecified atom stereocenters. The number of nitrogens with two attached hydrogens (primary N) is 1. The molecule has 0 saturated heterocycles. The number of carbonyl (C=O) groups excluding carboxylic acids is 1. The van der Waals surface area contributed by atoms with Crippen LogP contribution in [0.3, 0.4) is 0 Å². The van der Waals surface area contributed by atoms with Gasteiger partial charge in [0.05, 0.1) is 6.54 Å². The van der Waals surface area contributed by atoms with Crippen LogP contribution < -0.4 is 11.1 Å². The number of rotatable bonds is 8. The Hall–Kier alpha value is -1.10. The summed E-state index contributed by atoms with van der Waals surface area (Å²) in [5, 5.41) is 3.23. The lowest BCUT2D eigenvalue weighted by Crippen LogP contribution is -2.46. The first kappa shape index (κ1) is 20.9. The van der Waals surface area contributed by atoms with Crippen molar-refractivity contribution in [2.45, 2.75) is 45.1 Å². The van der Waals surface area contributed by atoms with Gasteiger partial charge in [0.1, 0.15) is 0 Å².